The van der Waals surface area contributed by atoms with Crippen LogP contribution in [0.25, 0.3) is 21.9 Å². The minimum atomic E-state index is -3.58. The normalized spacial score (nSPS) is 19.2. The van der Waals surface area contributed by atoms with Gasteiger partial charge in [0, 0.05) is 43.5 Å². The first-order valence-corrected chi connectivity index (χ1v) is 23.7. The van der Waals surface area contributed by atoms with Gasteiger partial charge in [-0.25, -0.2) is 0 Å². The molecular formula is C59H45N2O2P. The van der Waals surface area contributed by atoms with Crippen LogP contribution in [0.3, 0.4) is 0 Å². The number of anilines is 6. The molecule has 0 saturated heterocycles. The monoisotopic (exact) mass is 844 g/mol. The predicted molar refractivity (Wildman–Crippen MR) is 267 cm³/mol. The summed E-state index contributed by atoms with van der Waals surface area (Å²) in [7, 11) is -3.58. The van der Waals surface area contributed by atoms with E-state index in [-0.39, 0.29) is 5.41 Å². The van der Waals surface area contributed by atoms with Crippen LogP contribution >= 0.6 is 7.14 Å². The Morgan fingerprint density at radius 2 is 1.11 bits per heavy atom. The van der Waals surface area contributed by atoms with E-state index in [1.165, 1.54) is 11.1 Å². The van der Waals surface area contributed by atoms with E-state index in [1.807, 2.05) is 43.4 Å². The highest BCUT2D eigenvalue weighted by Gasteiger charge is 2.55. The Morgan fingerprint density at radius 3 is 1.81 bits per heavy atom. The van der Waals surface area contributed by atoms with E-state index in [0.717, 1.165) is 83.3 Å². The SMILES string of the molecule is C=C/C(=C\C=C/C)P1(=O)c2ccccc2C2(c3ccccc3N(c3ccccc3)c3cc(N4c5ccccc5C(C)(C)c5ccccc54)ccc32)c2cc3c(cc21)oc1ccccc13. The second kappa shape index (κ2) is 14.1. The van der Waals surface area contributed by atoms with Gasteiger partial charge in [-0.1, -0.05) is 166 Å². The zero-order valence-electron chi connectivity index (χ0n) is 36.0. The van der Waals surface area contributed by atoms with Crippen LogP contribution in [0, 0.1) is 0 Å². The van der Waals surface area contributed by atoms with Crippen LogP contribution < -0.4 is 20.4 Å². The first-order valence-electron chi connectivity index (χ1n) is 22.0. The number of hydrogen-bond donors (Lipinski definition) is 0. The summed E-state index contributed by atoms with van der Waals surface area (Å²) in [4.78, 5) is 4.86. The maximum atomic E-state index is 16.8. The average Bonchev–Trinajstić information content (AvgIpc) is 3.71. The smallest absolute Gasteiger partial charge is 0.171 e. The van der Waals surface area contributed by atoms with Crippen LogP contribution in [-0.4, -0.2) is 0 Å². The van der Waals surface area contributed by atoms with Crippen molar-refractivity contribution in [2.45, 2.75) is 31.6 Å². The number of rotatable bonds is 5. The molecular weight excluding hydrogens is 800 g/mol. The highest BCUT2D eigenvalue weighted by molar-refractivity contribution is 7.83. The lowest BCUT2D eigenvalue weighted by Crippen LogP contribution is -2.47. The maximum absolute atomic E-state index is 16.8. The van der Waals surface area contributed by atoms with Gasteiger partial charge < -0.3 is 18.8 Å². The highest BCUT2D eigenvalue weighted by Crippen LogP contribution is 2.66. The fourth-order valence-corrected chi connectivity index (χ4v) is 14.4. The van der Waals surface area contributed by atoms with Gasteiger partial charge in [0.25, 0.3) is 0 Å². The molecule has 0 saturated carbocycles. The standard InChI is InChI=1S/C59H45N2O2P/c1-5-7-23-41(6-2)64(62)56-33-20-15-28-48(56)59(49-37-43-42-24-11-19-32-54(42)63-55(43)38-57(49)64)46-27-14-18-31-52(46)60(39-21-9-8-10-22-39)53-36-40(34-35-47(53)59)61-50-29-16-12-25-44(50)58(3,4)45-26-13-17-30-51(45)61/h5-38H,2H2,1,3-4H3/b7-5-,41-23+. The molecule has 2 unspecified atom stereocenters. The van der Waals surface area contributed by atoms with Crippen molar-refractivity contribution < 1.29 is 8.98 Å². The van der Waals surface area contributed by atoms with Gasteiger partial charge in [0.15, 0.2) is 7.14 Å². The Balaban J connectivity index is 1.25. The summed E-state index contributed by atoms with van der Waals surface area (Å²) in [5, 5.41) is 4.25. The van der Waals surface area contributed by atoms with Gasteiger partial charge in [-0.05, 0) is 101 Å². The first kappa shape index (κ1) is 38.3. The molecule has 0 N–H and O–H groups in total. The second-order valence-corrected chi connectivity index (χ2v) is 20.2. The van der Waals surface area contributed by atoms with Gasteiger partial charge in [0.1, 0.15) is 11.2 Å². The Hall–Kier alpha value is -7.39. The largest absolute Gasteiger partial charge is 0.456 e. The van der Waals surface area contributed by atoms with Crippen LogP contribution in [0.15, 0.2) is 223 Å². The van der Waals surface area contributed by atoms with Crippen molar-refractivity contribution >= 4 is 73.8 Å². The summed E-state index contributed by atoms with van der Waals surface area (Å²) in [6.45, 7) is 10.9. The number of benzene rings is 8. The van der Waals surface area contributed by atoms with Crippen LogP contribution in [0.2, 0.25) is 0 Å². The van der Waals surface area contributed by atoms with Crippen molar-refractivity contribution in [3.63, 3.8) is 0 Å². The summed E-state index contributed by atoms with van der Waals surface area (Å²) in [6, 6.07) is 65.2. The molecule has 4 heterocycles. The van der Waals surface area contributed by atoms with Crippen LogP contribution in [0.1, 0.15) is 54.2 Å². The van der Waals surface area contributed by atoms with Crippen molar-refractivity contribution in [2.24, 2.45) is 0 Å². The Labute approximate surface area is 374 Å². The van der Waals surface area contributed by atoms with Gasteiger partial charge >= 0.3 is 0 Å². The minimum absolute atomic E-state index is 0.200. The topological polar surface area (TPSA) is 36.7 Å². The van der Waals surface area contributed by atoms with E-state index in [1.54, 1.807) is 6.08 Å². The molecule has 2 atom stereocenters. The molecule has 1 spiro atoms. The summed E-state index contributed by atoms with van der Waals surface area (Å²) in [6.07, 6.45) is 7.69. The van der Waals surface area contributed by atoms with E-state index in [0.29, 0.717) is 10.9 Å². The van der Waals surface area contributed by atoms with E-state index in [9.17, 15) is 0 Å². The fraction of sp³-hybridized carbons (Fsp3) is 0.0847. The molecule has 3 aliphatic heterocycles. The minimum Gasteiger partial charge on any atom is -0.456 e. The molecule has 5 heteroatoms. The van der Waals surface area contributed by atoms with Crippen molar-refractivity contribution in [1.82, 2.24) is 0 Å². The lowest BCUT2D eigenvalue weighted by Gasteiger charge is -2.51. The number of fused-ring (bicyclic) bond motifs is 13. The van der Waals surface area contributed by atoms with E-state index in [4.69, 9.17) is 4.42 Å². The third-order valence-corrected chi connectivity index (χ3v) is 17.2. The lowest BCUT2D eigenvalue weighted by atomic mass is 9.62. The molecule has 64 heavy (non-hydrogen) atoms. The fourth-order valence-electron chi connectivity index (χ4n) is 11.2. The van der Waals surface area contributed by atoms with Gasteiger partial charge in [-0.2, -0.15) is 0 Å². The second-order valence-electron chi connectivity index (χ2n) is 17.5. The van der Waals surface area contributed by atoms with Gasteiger partial charge in [0.2, 0.25) is 0 Å². The zero-order chi connectivity index (χ0) is 43.4. The van der Waals surface area contributed by atoms with E-state index < -0.39 is 12.6 Å². The van der Waals surface area contributed by atoms with Crippen molar-refractivity contribution in [2.75, 3.05) is 9.80 Å². The third kappa shape index (κ3) is 5.03. The number of hydrogen-bond acceptors (Lipinski definition) is 4. The lowest BCUT2D eigenvalue weighted by molar-refractivity contribution is 0.588. The summed E-state index contributed by atoms with van der Waals surface area (Å²) in [5.41, 5.74) is 13.7. The number of nitrogens with zero attached hydrogens (tertiary/aromatic N) is 2. The quantitative estimate of drug-likeness (QED) is 0.128. The highest BCUT2D eigenvalue weighted by atomic mass is 31.2. The summed E-state index contributed by atoms with van der Waals surface area (Å²) in [5.74, 6) is 0. The number of allylic oxidation sites excluding steroid dienone is 5. The molecule has 1 aromatic heterocycles. The van der Waals surface area contributed by atoms with Crippen molar-refractivity contribution in [3.8, 4) is 0 Å². The van der Waals surface area contributed by atoms with Gasteiger partial charge in [-0.3, -0.25) is 0 Å². The molecule has 0 bridgehead atoms. The van der Waals surface area contributed by atoms with Crippen LogP contribution in [-0.2, 0) is 15.4 Å². The molecule has 0 fully saturated rings. The molecule has 0 radical (unpaired) electrons. The number of para-hydroxylation sites is 5. The van der Waals surface area contributed by atoms with Gasteiger partial charge in [-0.15, -0.1) is 0 Å². The summed E-state index contributed by atoms with van der Waals surface area (Å²) >= 11 is 0. The Kier molecular flexibility index (Phi) is 8.41. The zero-order valence-corrected chi connectivity index (χ0v) is 36.9. The molecule has 308 valence electrons. The first-order chi connectivity index (χ1) is 31.3. The van der Waals surface area contributed by atoms with Gasteiger partial charge in [0.05, 0.1) is 28.2 Å². The molecule has 4 nitrogen and oxygen atoms in total. The summed E-state index contributed by atoms with van der Waals surface area (Å²) < 4.78 is 23.5. The van der Waals surface area contributed by atoms with E-state index in [2.05, 4.69) is 194 Å². The Bertz CT molecular complexity index is 3470. The molecule has 0 amide bonds. The van der Waals surface area contributed by atoms with E-state index >= 15 is 4.57 Å². The average molecular weight is 845 g/mol. The van der Waals surface area contributed by atoms with Crippen LogP contribution in [0.4, 0.5) is 34.1 Å². The van der Waals surface area contributed by atoms with Crippen molar-refractivity contribution in [1.29, 1.82) is 0 Å². The molecule has 12 rings (SSSR count). The third-order valence-electron chi connectivity index (χ3n) is 14.0. The Morgan fingerprint density at radius 1 is 0.531 bits per heavy atom. The number of furan rings is 1. The predicted octanol–water partition coefficient (Wildman–Crippen LogP) is 15.1. The van der Waals surface area contributed by atoms with Crippen LogP contribution in [0.5, 0.6) is 0 Å². The molecule has 9 aromatic rings. The molecule has 3 aliphatic rings. The molecule has 8 aromatic carbocycles. The molecule has 0 aliphatic carbocycles. The van der Waals surface area contributed by atoms with Crippen molar-refractivity contribution in [3.05, 3.63) is 252 Å². The maximum Gasteiger partial charge on any atom is 0.171 e.